The van der Waals surface area contributed by atoms with Crippen LogP contribution in [0, 0.1) is 15.9 Å². The second-order valence-corrected chi connectivity index (χ2v) is 5.71. The number of para-hydroxylation sites is 1. The number of nitrogens with zero attached hydrogens (tertiary/aromatic N) is 1. The van der Waals surface area contributed by atoms with Crippen LogP contribution < -0.4 is 0 Å². The van der Waals surface area contributed by atoms with Crippen molar-refractivity contribution >= 4 is 16.5 Å². The zero-order valence-corrected chi connectivity index (χ0v) is 11.3. The third kappa shape index (κ3) is 3.48. The Bertz CT molecular complexity index is 643. The molecule has 0 amide bonds. The first-order valence-electron chi connectivity index (χ1n) is 5.94. The molecule has 6 heteroatoms. The van der Waals surface area contributed by atoms with Crippen molar-refractivity contribution < 1.29 is 13.5 Å². The Morgan fingerprint density at radius 2 is 1.75 bits per heavy atom. The Balaban J connectivity index is 2.07. The summed E-state index contributed by atoms with van der Waals surface area (Å²) in [6, 6.07) is 11.8. The zero-order chi connectivity index (χ0) is 14.5. The minimum absolute atomic E-state index is 0.0311. The number of rotatable bonds is 5. The van der Waals surface area contributed by atoms with Crippen LogP contribution in [0.2, 0.25) is 0 Å². The van der Waals surface area contributed by atoms with Crippen LogP contribution in [0.5, 0.6) is 0 Å². The lowest BCUT2D eigenvalue weighted by Crippen LogP contribution is -2.04. The summed E-state index contributed by atoms with van der Waals surface area (Å²) in [4.78, 5) is 10.9. The lowest BCUT2D eigenvalue weighted by atomic mass is 10.1. The van der Waals surface area contributed by atoms with Crippen molar-refractivity contribution in [1.29, 1.82) is 0 Å². The molecule has 1 atom stereocenters. The number of aryl methyl sites for hydroxylation is 1. The van der Waals surface area contributed by atoms with E-state index in [1.54, 1.807) is 18.2 Å². The smallest absolute Gasteiger partial charge is 0.258 e. The van der Waals surface area contributed by atoms with Crippen LogP contribution in [0.25, 0.3) is 0 Å². The first-order chi connectivity index (χ1) is 9.58. The van der Waals surface area contributed by atoms with Crippen LogP contribution >= 0.6 is 0 Å². The average molecular weight is 293 g/mol. The summed E-state index contributed by atoms with van der Waals surface area (Å²) in [5.41, 5.74) is 0.580. The van der Waals surface area contributed by atoms with E-state index in [0.717, 1.165) is 0 Å². The van der Waals surface area contributed by atoms with Crippen molar-refractivity contribution in [3.05, 3.63) is 70.0 Å². The first kappa shape index (κ1) is 14.3. The third-order valence-electron chi connectivity index (χ3n) is 2.82. The highest BCUT2D eigenvalue weighted by Gasteiger charge is 2.13. The van der Waals surface area contributed by atoms with E-state index < -0.39 is 15.7 Å². The topological polar surface area (TPSA) is 60.2 Å². The molecule has 20 heavy (non-hydrogen) atoms. The molecule has 0 fully saturated rings. The van der Waals surface area contributed by atoms with Crippen molar-refractivity contribution in [2.24, 2.45) is 0 Å². The van der Waals surface area contributed by atoms with E-state index in [-0.39, 0.29) is 17.3 Å². The lowest BCUT2D eigenvalue weighted by molar-refractivity contribution is -0.385. The molecule has 4 nitrogen and oxygen atoms in total. The standard InChI is InChI=1S/C14H12FNO3S/c15-12-5-7-13(8-6-12)20(19)10-9-11-3-1-2-4-14(11)16(17)18/h1-8H,9-10H2. The molecule has 2 rings (SSSR count). The molecule has 104 valence electrons. The van der Waals surface area contributed by atoms with Crippen LogP contribution in [0.15, 0.2) is 53.4 Å². The number of halogens is 1. The van der Waals surface area contributed by atoms with Crippen LogP contribution in [0.4, 0.5) is 10.1 Å². The summed E-state index contributed by atoms with van der Waals surface area (Å²) in [5, 5.41) is 10.9. The van der Waals surface area contributed by atoms with E-state index in [1.807, 2.05) is 0 Å². The lowest BCUT2D eigenvalue weighted by Gasteiger charge is -2.04. The van der Waals surface area contributed by atoms with E-state index in [1.165, 1.54) is 30.3 Å². The normalized spacial score (nSPS) is 12.1. The highest BCUT2D eigenvalue weighted by molar-refractivity contribution is 7.85. The molecule has 0 aliphatic carbocycles. The molecular weight excluding hydrogens is 281 g/mol. The highest BCUT2D eigenvalue weighted by Crippen LogP contribution is 2.19. The fraction of sp³-hybridized carbons (Fsp3) is 0.143. The Morgan fingerprint density at radius 3 is 2.40 bits per heavy atom. The molecule has 1 unspecified atom stereocenters. The highest BCUT2D eigenvalue weighted by atomic mass is 32.2. The van der Waals surface area contributed by atoms with Crippen LogP contribution in [-0.4, -0.2) is 14.9 Å². The molecule has 0 N–H and O–H groups in total. The van der Waals surface area contributed by atoms with E-state index >= 15 is 0 Å². The molecule has 0 radical (unpaired) electrons. The summed E-state index contributed by atoms with van der Waals surface area (Å²) in [6.45, 7) is 0. The van der Waals surface area contributed by atoms with Gasteiger partial charge in [0.15, 0.2) is 0 Å². The number of hydrogen-bond acceptors (Lipinski definition) is 3. The second-order valence-electron chi connectivity index (χ2n) is 4.14. The maximum Gasteiger partial charge on any atom is 0.272 e. The van der Waals surface area contributed by atoms with Gasteiger partial charge in [-0.25, -0.2) is 4.39 Å². The van der Waals surface area contributed by atoms with Gasteiger partial charge in [0, 0.05) is 22.3 Å². The zero-order valence-electron chi connectivity index (χ0n) is 10.5. The largest absolute Gasteiger partial charge is 0.272 e. The average Bonchev–Trinajstić information content (AvgIpc) is 2.45. The molecule has 0 saturated heterocycles. The fourth-order valence-corrected chi connectivity index (χ4v) is 2.89. The van der Waals surface area contributed by atoms with Crippen LogP contribution in [0.3, 0.4) is 0 Å². The van der Waals surface area contributed by atoms with Gasteiger partial charge in [0.1, 0.15) is 5.82 Å². The molecule has 2 aromatic carbocycles. The molecule has 0 bridgehead atoms. The molecule has 0 aromatic heterocycles. The van der Waals surface area contributed by atoms with Crippen molar-refractivity contribution in [2.45, 2.75) is 11.3 Å². The molecule has 0 heterocycles. The summed E-state index contributed by atoms with van der Waals surface area (Å²) in [7, 11) is -1.30. The van der Waals surface area contributed by atoms with Gasteiger partial charge in [-0.2, -0.15) is 0 Å². The summed E-state index contributed by atoms with van der Waals surface area (Å²) in [5.74, 6) is -0.124. The maximum atomic E-state index is 12.8. The van der Waals surface area contributed by atoms with Crippen molar-refractivity contribution in [2.75, 3.05) is 5.75 Å². The van der Waals surface area contributed by atoms with Crippen molar-refractivity contribution in [3.8, 4) is 0 Å². The second kappa shape index (κ2) is 6.38. The van der Waals surface area contributed by atoms with Gasteiger partial charge in [0.05, 0.1) is 15.7 Å². The predicted molar refractivity (Wildman–Crippen MR) is 74.5 cm³/mol. The molecule has 0 aliphatic heterocycles. The van der Waals surface area contributed by atoms with Crippen molar-refractivity contribution in [3.63, 3.8) is 0 Å². The predicted octanol–water partition coefficient (Wildman–Crippen LogP) is 3.08. The van der Waals surface area contributed by atoms with Gasteiger partial charge in [0.2, 0.25) is 0 Å². The Morgan fingerprint density at radius 1 is 1.10 bits per heavy atom. The van der Waals surface area contributed by atoms with E-state index in [4.69, 9.17) is 0 Å². The SMILES string of the molecule is O=[N+]([O-])c1ccccc1CCS(=O)c1ccc(F)cc1. The van der Waals surface area contributed by atoms with Crippen molar-refractivity contribution in [1.82, 2.24) is 0 Å². The fourth-order valence-electron chi connectivity index (χ4n) is 1.81. The summed E-state index contributed by atoms with van der Waals surface area (Å²) < 4.78 is 24.8. The monoisotopic (exact) mass is 293 g/mol. The van der Waals surface area contributed by atoms with Gasteiger partial charge >= 0.3 is 0 Å². The van der Waals surface area contributed by atoms with Crippen LogP contribution in [0.1, 0.15) is 5.56 Å². The van der Waals surface area contributed by atoms with E-state index in [0.29, 0.717) is 16.9 Å². The molecular formula is C14H12FNO3S. The van der Waals surface area contributed by atoms with Crippen LogP contribution in [-0.2, 0) is 17.2 Å². The number of nitro groups is 1. The summed E-state index contributed by atoms with van der Waals surface area (Å²) >= 11 is 0. The Hall–Kier alpha value is -2.08. The molecule has 2 aromatic rings. The summed E-state index contributed by atoms with van der Waals surface area (Å²) in [6.07, 6.45) is 0.334. The van der Waals surface area contributed by atoms with E-state index in [9.17, 15) is 18.7 Å². The molecule has 0 aliphatic rings. The van der Waals surface area contributed by atoms with E-state index in [2.05, 4.69) is 0 Å². The minimum atomic E-state index is -1.30. The van der Waals surface area contributed by atoms with Gasteiger partial charge in [-0.15, -0.1) is 0 Å². The molecule has 0 saturated carbocycles. The Kier molecular flexibility index (Phi) is 4.57. The Labute approximate surface area is 117 Å². The maximum absolute atomic E-state index is 12.8. The number of benzene rings is 2. The van der Waals surface area contributed by atoms with Gasteiger partial charge in [-0.1, -0.05) is 18.2 Å². The van der Waals surface area contributed by atoms with Gasteiger partial charge < -0.3 is 0 Å². The van der Waals surface area contributed by atoms with Gasteiger partial charge in [0.25, 0.3) is 5.69 Å². The van der Waals surface area contributed by atoms with Gasteiger partial charge in [-0.3, -0.25) is 14.3 Å². The van der Waals surface area contributed by atoms with Gasteiger partial charge in [-0.05, 0) is 30.7 Å². The molecule has 0 spiro atoms. The number of nitro benzene ring substituents is 1. The quantitative estimate of drug-likeness (QED) is 0.628. The first-order valence-corrected chi connectivity index (χ1v) is 7.26. The third-order valence-corrected chi connectivity index (χ3v) is 4.19. The number of hydrogen-bond donors (Lipinski definition) is 0. The minimum Gasteiger partial charge on any atom is -0.258 e.